The Bertz CT molecular complexity index is 528. The van der Waals surface area contributed by atoms with Crippen LogP contribution >= 0.6 is 23.4 Å². The Balaban J connectivity index is 1.91. The van der Waals surface area contributed by atoms with Crippen LogP contribution < -0.4 is 5.32 Å². The highest BCUT2D eigenvalue weighted by Gasteiger charge is 2.02. The quantitative estimate of drug-likeness (QED) is 0.518. The fourth-order valence-electron chi connectivity index (χ4n) is 1.49. The molecule has 0 aliphatic carbocycles. The van der Waals surface area contributed by atoms with Gasteiger partial charge in [-0.1, -0.05) is 23.4 Å². The molecule has 7 heteroatoms. The zero-order valence-corrected chi connectivity index (χ0v) is 11.8. The van der Waals surface area contributed by atoms with E-state index >= 15 is 0 Å². The van der Waals surface area contributed by atoms with Crippen molar-refractivity contribution < 1.29 is 0 Å². The Hall–Kier alpha value is -1.27. The van der Waals surface area contributed by atoms with E-state index in [-0.39, 0.29) is 0 Å². The van der Waals surface area contributed by atoms with Crippen LogP contribution in [0, 0.1) is 0 Å². The van der Waals surface area contributed by atoms with Crippen molar-refractivity contribution in [3.05, 3.63) is 29.2 Å². The molecule has 1 N–H and O–H groups in total. The van der Waals surface area contributed by atoms with Crippen LogP contribution in [-0.2, 0) is 13.5 Å². The molecule has 5 nitrogen and oxygen atoms in total. The van der Waals surface area contributed by atoms with Crippen LogP contribution in [-0.4, -0.2) is 32.5 Å². The number of rotatable bonds is 5. The first-order chi connectivity index (χ1) is 8.67. The van der Waals surface area contributed by atoms with E-state index in [0.717, 1.165) is 24.5 Å². The molecule has 2 rings (SSSR count). The summed E-state index contributed by atoms with van der Waals surface area (Å²) in [6.07, 6.45) is 4.70. The van der Waals surface area contributed by atoms with E-state index < -0.39 is 0 Å². The molecule has 0 amide bonds. The smallest absolute Gasteiger partial charge is 0.190 e. The van der Waals surface area contributed by atoms with Gasteiger partial charge in [-0.15, -0.1) is 0 Å². The number of nitrogens with one attached hydrogen (secondary N) is 1. The van der Waals surface area contributed by atoms with Gasteiger partial charge in [0.15, 0.2) is 5.16 Å². The normalized spacial score (nSPS) is 10.6. The van der Waals surface area contributed by atoms with Crippen LogP contribution in [0.1, 0.15) is 5.69 Å². The maximum absolute atomic E-state index is 5.91. The summed E-state index contributed by atoms with van der Waals surface area (Å²) in [6.45, 7) is 0.762. The Morgan fingerprint density at radius 2 is 2.28 bits per heavy atom. The van der Waals surface area contributed by atoms with E-state index in [1.807, 2.05) is 25.6 Å². The molecule has 0 radical (unpaired) electrons. The highest BCUT2D eigenvalue weighted by molar-refractivity contribution is 7.98. The molecule has 0 unspecified atom stereocenters. The maximum atomic E-state index is 5.91. The minimum absolute atomic E-state index is 0.453. The average Bonchev–Trinajstić information content (AvgIpc) is 2.74. The minimum atomic E-state index is 0.453. The Morgan fingerprint density at radius 1 is 1.44 bits per heavy atom. The molecule has 2 aromatic rings. The van der Waals surface area contributed by atoms with Crippen LogP contribution in [0.5, 0.6) is 0 Å². The van der Waals surface area contributed by atoms with Gasteiger partial charge in [0.25, 0.3) is 0 Å². The van der Waals surface area contributed by atoms with E-state index in [1.165, 1.54) is 11.8 Å². The zero-order valence-electron chi connectivity index (χ0n) is 10.2. The number of hydrogen-bond acceptors (Lipinski definition) is 5. The molecule has 0 aliphatic heterocycles. The second-order valence-corrected chi connectivity index (χ2v) is 4.88. The van der Waals surface area contributed by atoms with Crippen LogP contribution in [0.4, 0.5) is 5.82 Å². The number of nitrogens with zero attached hydrogens (tertiary/aromatic N) is 4. The van der Waals surface area contributed by atoms with E-state index in [0.29, 0.717) is 10.3 Å². The lowest BCUT2D eigenvalue weighted by Crippen LogP contribution is -2.07. The summed E-state index contributed by atoms with van der Waals surface area (Å²) < 4.78 is 1.79. The van der Waals surface area contributed by atoms with Crippen molar-refractivity contribution in [3.63, 3.8) is 0 Å². The van der Waals surface area contributed by atoms with Crippen molar-refractivity contribution >= 4 is 29.2 Å². The predicted octanol–water partition coefficient (Wildman–Crippen LogP) is 2.24. The molecule has 18 heavy (non-hydrogen) atoms. The molecule has 0 saturated carbocycles. The molecule has 0 spiro atoms. The van der Waals surface area contributed by atoms with Gasteiger partial charge >= 0.3 is 0 Å². The third-order valence-corrected chi connectivity index (χ3v) is 3.05. The van der Waals surface area contributed by atoms with Crippen molar-refractivity contribution in [2.45, 2.75) is 11.6 Å². The van der Waals surface area contributed by atoms with Crippen LogP contribution in [0.2, 0.25) is 5.15 Å². The molecule has 0 aliphatic rings. The predicted molar refractivity (Wildman–Crippen MR) is 74.2 cm³/mol. The second kappa shape index (κ2) is 6.06. The fraction of sp³-hybridized carbons (Fsp3) is 0.364. The molecule has 2 aromatic heterocycles. The summed E-state index contributed by atoms with van der Waals surface area (Å²) in [5.41, 5.74) is 1.05. The first-order valence-electron chi connectivity index (χ1n) is 5.48. The molecule has 96 valence electrons. The van der Waals surface area contributed by atoms with Crippen molar-refractivity contribution in [3.8, 4) is 0 Å². The first kappa shape index (κ1) is 13.2. The molecule has 0 bridgehead atoms. The van der Waals surface area contributed by atoms with E-state index in [4.69, 9.17) is 11.6 Å². The topological polar surface area (TPSA) is 55.6 Å². The summed E-state index contributed by atoms with van der Waals surface area (Å²) in [5, 5.41) is 8.65. The Morgan fingerprint density at radius 3 is 2.94 bits per heavy atom. The lowest BCUT2D eigenvalue weighted by atomic mass is 10.3. The number of hydrogen-bond donors (Lipinski definition) is 1. The molecular weight excluding hydrogens is 270 g/mol. The van der Waals surface area contributed by atoms with Gasteiger partial charge in [-0.2, -0.15) is 5.10 Å². The third kappa shape index (κ3) is 3.61. The van der Waals surface area contributed by atoms with Crippen LogP contribution in [0.25, 0.3) is 0 Å². The van der Waals surface area contributed by atoms with Crippen molar-refractivity contribution in [2.75, 3.05) is 18.1 Å². The lowest BCUT2D eigenvalue weighted by molar-refractivity contribution is 0.741. The standard InChI is InChI=1S/C11H14ClN5S/c1-17-6-4-8(16-17)3-5-13-10-7-9(12)14-11(15-10)18-2/h4,6-7H,3,5H2,1-2H3,(H,13,14,15). The number of halogens is 1. The monoisotopic (exact) mass is 283 g/mol. The Kier molecular flexibility index (Phi) is 4.43. The van der Waals surface area contributed by atoms with Gasteiger partial charge < -0.3 is 5.32 Å². The van der Waals surface area contributed by atoms with Crippen molar-refractivity contribution in [1.82, 2.24) is 19.7 Å². The number of thioether (sulfide) groups is 1. The zero-order chi connectivity index (χ0) is 13.0. The molecule has 0 fully saturated rings. The summed E-state index contributed by atoms with van der Waals surface area (Å²) in [6, 6.07) is 3.72. The number of aromatic nitrogens is 4. The molecule has 0 saturated heterocycles. The molecule has 2 heterocycles. The summed E-state index contributed by atoms with van der Waals surface area (Å²) in [4.78, 5) is 8.40. The maximum Gasteiger partial charge on any atom is 0.190 e. The largest absolute Gasteiger partial charge is 0.370 e. The van der Waals surface area contributed by atoms with Gasteiger partial charge in [-0.05, 0) is 12.3 Å². The van der Waals surface area contributed by atoms with Gasteiger partial charge in [-0.3, -0.25) is 4.68 Å². The van der Waals surface area contributed by atoms with Gasteiger partial charge in [0.1, 0.15) is 11.0 Å². The van der Waals surface area contributed by atoms with Crippen molar-refractivity contribution in [1.29, 1.82) is 0 Å². The Labute approximate surface area is 115 Å². The number of aryl methyl sites for hydroxylation is 1. The van der Waals surface area contributed by atoms with Gasteiger partial charge in [0, 0.05) is 32.3 Å². The number of anilines is 1. The molecule has 0 atom stereocenters. The fourth-order valence-corrected chi connectivity index (χ4v) is 2.11. The minimum Gasteiger partial charge on any atom is -0.370 e. The first-order valence-corrected chi connectivity index (χ1v) is 7.08. The summed E-state index contributed by atoms with van der Waals surface area (Å²) in [5.74, 6) is 0.746. The SMILES string of the molecule is CSc1nc(Cl)cc(NCCc2ccn(C)n2)n1. The molecule has 0 aromatic carbocycles. The van der Waals surface area contributed by atoms with Gasteiger partial charge in [0.2, 0.25) is 0 Å². The van der Waals surface area contributed by atoms with E-state index in [2.05, 4.69) is 20.4 Å². The summed E-state index contributed by atoms with van der Waals surface area (Å²) in [7, 11) is 1.91. The average molecular weight is 284 g/mol. The van der Waals surface area contributed by atoms with Crippen molar-refractivity contribution in [2.24, 2.45) is 7.05 Å². The van der Waals surface area contributed by atoms with Crippen LogP contribution in [0.3, 0.4) is 0 Å². The van der Waals surface area contributed by atoms with E-state index in [1.54, 1.807) is 10.7 Å². The van der Waals surface area contributed by atoms with Gasteiger partial charge in [-0.25, -0.2) is 9.97 Å². The highest BCUT2D eigenvalue weighted by Crippen LogP contribution is 2.17. The molecular formula is C11H14ClN5S. The van der Waals surface area contributed by atoms with E-state index in [9.17, 15) is 0 Å². The van der Waals surface area contributed by atoms with Crippen LogP contribution in [0.15, 0.2) is 23.5 Å². The second-order valence-electron chi connectivity index (χ2n) is 3.72. The summed E-state index contributed by atoms with van der Waals surface area (Å²) >= 11 is 7.38. The van der Waals surface area contributed by atoms with Gasteiger partial charge in [0.05, 0.1) is 5.69 Å². The lowest BCUT2D eigenvalue weighted by Gasteiger charge is -2.05. The third-order valence-electron chi connectivity index (χ3n) is 2.31. The highest BCUT2D eigenvalue weighted by atomic mass is 35.5.